The third kappa shape index (κ3) is 7.09. The maximum atomic E-state index is 13.4. The van der Waals surface area contributed by atoms with Crippen LogP contribution in [0.2, 0.25) is 0 Å². The van der Waals surface area contributed by atoms with Gasteiger partial charge in [0.25, 0.3) is 0 Å². The van der Waals surface area contributed by atoms with Gasteiger partial charge in [0.15, 0.2) is 5.84 Å². The lowest BCUT2D eigenvalue weighted by molar-refractivity contribution is -0.0980. The summed E-state index contributed by atoms with van der Waals surface area (Å²) in [4.78, 5) is 33.0. The number of aromatic nitrogens is 1. The van der Waals surface area contributed by atoms with Crippen molar-refractivity contribution in [3.8, 4) is 11.1 Å². The molecule has 0 amide bonds. The van der Waals surface area contributed by atoms with Gasteiger partial charge in [-0.2, -0.15) is 0 Å². The number of aliphatic imine (C=N–C) groups is 1. The summed E-state index contributed by atoms with van der Waals surface area (Å²) in [5, 5.41) is 0. The van der Waals surface area contributed by atoms with Gasteiger partial charge in [0.2, 0.25) is 0 Å². The van der Waals surface area contributed by atoms with Crippen LogP contribution in [0.4, 0.5) is 11.5 Å². The van der Waals surface area contributed by atoms with Crippen LogP contribution >= 0.6 is 0 Å². The van der Waals surface area contributed by atoms with Gasteiger partial charge in [0.05, 0.1) is 29.1 Å². The molecule has 4 aromatic rings. The minimum absolute atomic E-state index is 0.248. The van der Waals surface area contributed by atoms with Crippen LogP contribution in [-0.4, -0.2) is 44.3 Å². The van der Waals surface area contributed by atoms with E-state index in [1.54, 1.807) is 14.0 Å². The Morgan fingerprint density at radius 2 is 1.50 bits per heavy atom. The van der Waals surface area contributed by atoms with Gasteiger partial charge in [-0.1, -0.05) is 84.9 Å². The Morgan fingerprint density at radius 3 is 2.07 bits per heavy atom. The Labute approximate surface area is 247 Å². The van der Waals surface area contributed by atoms with E-state index in [0.29, 0.717) is 39.7 Å². The summed E-state index contributed by atoms with van der Waals surface area (Å²) in [7, 11) is 3.65. The molecule has 0 radical (unpaired) electrons. The number of pyridine rings is 1. The molecule has 1 heterocycles. The molecule has 0 aliphatic rings. The number of aryl methyl sites for hydroxylation is 2. The molecule has 0 saturated heterocycles. The maximum absolute atomic E-state index is 13.4. The molecule has 42 heavy (non-hydrogen) atoms. The van der Waals surface area contributed by atoms with Gasteiger partial charge in [0.1, 0.15) is 12.6 Å². The molecule has 3 aromatic carbocycles. The van der Waals surface area contributed by atoms with Gasteiger partial charge in [-0.25, -0.2) is 9.78 Å². The Bertz CT molecular complexity index is 1540. The number of esters is 1. The number of hydrazine groups is 1. The quantitative estimate of drug-likeness (QED) is 0.107. The predicted octanol–water partition coefficient (Wildman–Crippen LogP) is 6.27. The number of rotatable bonds is 9. The van der Waals surface area contributed by atoms with Crippen LogP contribution in [0.25, 0.3) is 16.8 Å². The SMILES string of the molecule is C=C(NNC(=NC)c1c(N(C)c2ccccc2)nc(C)c(C(=O)OCC)c1-c1ccccc1)c1ccc(C)cc1.C=O. The van der Waals surface area contributed by atoms with Crippen molar-refractivity contribution in [3.63, 3.8) is 0 Å². The summed E-state index contributed by atoms with van der Waals surface area (Å²) >= 11 is 0. The average Bonchev–Trinajstić information content (AvgIpc) is 3.03. The van der Waals surface area contributed by atoms with Crippen molar-refractivity contribution in [2.24, 2.45) is 4.99 Å². The highest BCUT2D eigenvalue weighted by Crippen LogP contribution is 2.37. The molecule has 8 nitrogen and oxygen atoms in total. The Hall–Kier alpha value is -5.24. The minimum atomic E-state index is -0.436. The number of amidine groups is 1. The van der Waals surface area contributed by atoms with Gasteiger partial charge in [-0.15, -0.1) is 0 Å². The third-order valence-corrected chi connectivity index (χ3v) is 6.55. The number of hydrogen-bond acceptors (Lipinski definition) is 7. The molecule has 216 valence electrons. The van der Waals surface area contributed by atoms with Crippen LogP contribution in [0.15, 0.2) is 96.5 Å². The number of nitrogens with one attached hydrogen (secondary N) is 2. The zero-order valence-corrected chi connectivity index (χ0v) is 24.8. The fraction of sp³-hybridized carbons (Fsp3) is 0.176. The van der Waals surface area contributed by atoms with Crippen LogP contribution in [0.3, 0.4) is 0 Å². The van der Waals surface area contributed by atoms with Crippen molar-refractivity contribution in [2.75, 3.05) is 25.6 Å². The molecule has 0 unspecified atom stereocenters. The van der Waals surface area contributed by atoms with Gasteiger partial charge in [-0.05, 0) is 44.0 Å². The highest BCUT2D eigenvalue weighted by atomic mass is 16.5. The molecule has 0 fully saturated rings. The predicted molar refractivity (Wildman–Crippen MR) is 171 cm³/mol. The highest BCUT2D eigenvalue weighted by Gasteiger charge is 2.29. The highest BCUT2D eigenvalue weighted by molar-refractivity contribution is 6.13. The smallest absolute Gasteiger partial charge is 0.340 e. The second-order valence-electron chi connectivity index (χ2n) is 9.29. The number of carbonyl (C=O) groups excluding carboxylic acids is 2. The van der Waals surface area contributed by atoms with E-state index in [1.165, 1.54) is 5.56 Å². The molecule has 0 aliphatic carbocycles. The molecular weight excluding hydrogens is 526 g/mol. The number of nitrogens with zero attached hydrogens (tertiary/aromatic N) is 3. The number of carbonyl (C=O) groups is 2. The first kappa shape index (κ1) is 31.3. The number of benzene rings is 3. The number of ether oxygens (including phenoxy) is 1. The zero-order chi connectivity index (χ0) is 30.6. The Balaban J connectivity index is 0.00000237. The van der Waals surface area contributed by atoms with E-state index >= 15 is 0 Å². The summed E-state index contributed by atoms with van der Waals surface area (Å²) in [6.45, 7) is 12.1. The molecular formula is C34H37N5O3. The van der Waals surface area contributed by atoms with Gasteiger partial charge in [-0.3, -0.25) is 15.8 Å². The lowest BCUT2D eigenvalue weighted by atomic mass is 9.92. The van der Waals surface area contributed by atoms with E-state index in [0.717, 1.165) is 16.8 Å². The van der Waals surface area contributed by atoms with Crippen LogP contribution in [-0.2, 0) is 9.53 Å². The minimum Gasteiger partial charge on any atom is -0.462 e. The first-order chi connectivity index (χ1) is 20.3. The van der Waals surface area contributed by atoms with Crippen molar-refractivity contribution in [2.45, 2.75) is 20.8 Å². The van der Waals surface area contributed by atoms with E-state index in [4.69, 9.17) is 14.5 Å². The van der Waals surface area contributed by atoms with E-state index in [9.17, 15) is 4.79 Å². The van der Waals surface area contributed by atoms with Crippen molar-refractivity contribution in [3.05, 3.63) is 119 Å². The lowest BCUT2D eigenvalue weighted by Gasteiger charge is -2.27. The molecule has 8 heteroatoms. The molecule has 0 aliphatic heterocycles. The Kier molecular flexibility index (Phi) is 11.1. The van der Waals surface area contributed by atoms with E-state index < -0.39 is 5.97 Å². The second-order valence-corrected chi connectivity index (χ2v) is 9.29. The third-order valence-electron chi connectivity index (χ3n) is 6.55. The first-order valence-electron chi connectivity index (χ1n) is 13.5. The standard InChI is InChI=1S/C33H35N5O2.CH2O/c1-7-40-33(39)28-24(4)35-32(38(6)27-16-12-9-13-17-27)30(29(28)26-14-10-8-11-15-26)31(34-5)37-36-23(3)25-20-18-22(2)19-21-25;1-2/h8-21,36H,3,7H2,1-2,4-6H3,(H,34,37);1H2. The average molecular weight is 564 g/mol. The molecule has 2 N–H and O–H groups in total. The normalized spacial score (nSPS) is 10.6. The summed E-state index contributed by atoms with van der Waals surface area (Å²) in [6, 6.07) is 27.8. The second kappa shape index (κ2) is 14.9. The molecule has 0 bridgehead atoms. The zero-order valence-electron chi connectivity index (χ0n) is 24.8. The topological polar surface area (TPSA) is 95.9 Å². The van der Waals surface area contributed by atoms with Gasteiger partial charge in [0, 0.05) is 25.3 Å². The monoisotopic (exact) mass is 563 g/mol. The fourth-order valence-electron chi connectivity index (χ4n) is 4.47. The van der Waals surface area contributed by atoms with E-state index in [2.05, 4.69) is 22.4 Å². The Morgan fingerprint density at radius 1 is 0.905 bits per heavy atom. The van der Waals surface area contributed by atoms with E-state index in [1.807, 2.05) is 118 Å². The number of anilines is 2. The van der Waals surface area contributed by atoms with Crippen molar-refractivity contribution < 1.29 is 14.3 Å². The summed E-state index contributed by atoms with van der Waals surface area (Å²) in [5.41, 5.74) is 13.3. The fourth-order valence-corrected chi connectivity index (χ4v) is 4.47. The number of hydrogen-bond donors (Lipinski definition) is 2. The largest absolute Gasteiger partial charge is 0.462 e. The van der Waals surface area contributed by atoms with Crippen molar-refractivity contribution >= 4 is 35.8 Å². The van der Waals surface area contributed by atoms with Crippen molar-refractivity contribution in [1.82, 2.24) is 15.8 Å². The molecule has 0 saturated carbocycles. The number of para-hydroxylation sites is 1. The summed E-state index contributed by atoms with van der Waals surface area (Å²) in [5.74, 6) is 0.684. The molecule has 0 atom stereocenters. The van der Waals surface area contributed by atoms with Gasteiger partial charge >= 0.3 is 5.97 Å². The van der Waals surface area contributed by atoms with E-state index in [-0.39, 0.29) is 6.61 Å². The maximum Gasteiger partial charge on any atom is 0.340 e. The van der Waals surface area contributed by atoms with Crippen LogP contribution < -0.4 is 15.8 Å². The molecule has 4 rings (SSSR count). The summed E-state index contributed by atoms with van der Waals surface area (Å²) in [6.07, 6.45) is 0. The molecule has 1 aromatic heterocycles. The summed E-state index contributed by atoms with van der Waals surface area (Å²) < 4.78 is 5.51. The van der Waals surface area contributed by atoms with Gasteiger partial charge < -0.3 is 14.4 Å². The van der Waals surface area contributed by atoms with Crippen LogP contribution in [0.1, 0.15) is 39.7 Å². The van der Waals surface area contributed by atoms with Crippen molar-refractivity contribution in [1.29, 1.82) is 0 Å². The molecule has 0 spiro atoms. The van der Waals surface area contributed by atoms with Crippen LogP contribution in [0, 0.1) is 13.8 Å². The van der Waals surface area contributed by atoms with Crippen LogP contribution in [0.5, 0.6) is 0 Å². The first-order valence-corrected chi connectivity index (χ1v) is 13.5. The lowest BCUT2D eigenvalue weighted by Crippen LogP contribution is -2.38.